The van der Waals surface area contributed by atoms with Gasteiger partial charge in [0.2, 0.25) is 15.9 Å². The number of halogens is 1. The van der Waals surface area contributed by atoms with Crippen molar-refractivity contribution in [2.75, 3.05) is 26.2 Å². The first-order valence-electron chi connectivity index (χ1n) is 9.54. The third kappa shape index (κ3) is 4.49. The number of sulfonamides is 1. The van der Waals surface area contributed by atoms with Crippen molar-refractivity contribution in [3.63, 3.8) is 0 Å². The molecule has 9 heteroatoms. The molecule has 0 unspecified atom stereocenters. The molecular weight excluding hydrogens is 416 g/mol. The van der Waals surface area contributed by atoms with Crippen molar-refractivity contribution < 1.29 is 23.1 Å². The predicted octanol–water partition coefficient (Wildman–Crippen LogP) is 2.62. The van der Waals surface area contributed by atoms with Crippen molar-refractivity contribution in [1.82, 2.24) is 9.21 Å². The Morgan fingerprint density at radius 2 is 1.48 bits per heavy atom. The molecular formula is C20H25ClN2O5S. The third-order valence-corrected chi connectivity index (χ3v) is 8.07. The van der Waals surface area contributed by atoms with E-state index in [9.17, 15) is 23.1 Å². The highest BCUT2D eigenvalue weighted by molar-refractivity contribution is 7.89. The van der Waals surface area contributed by atoms with Crippen molar-refractivity contribution in [3.8, 4) is 0 Å². The Hall–Kier alpha value is -1.90. The number of carbonyl (C=O) groups excluding carboxylic acids is 1. The second-order valence-corrected chi connectivity index (χ2v) is 10.1. The number of piperazine rings is 1. The van der Waals surface area contributed by atoms with Crippen LogP contribution in [-0.4, -0.2) is 60.8 Å². The predicted molar refractivity (Wildman–Crippen MR) is 109 cm³/mol. The normalized spacial score (nSPS) is 23.9. The van der Waals surface area contributed by atoms with Crippen molar-refractivity contribution in [2.45, 2.75) is 31.6 Å². The van der Waals surface area contributed by atoms with Crippen LogP contribution in [0.1, 0.15) is 26.7 Å². The number of aliphatic carboxylic acids is 1. The molecule has 3 rings (SSSR count). The van der Waals surface area contributed by atoms with Gasteiger partial charge in [0.05, 0.1) is 16.7 Å². The van der Waals surface area contributed by atoms with Crippen LogP contribution in [-0.2, 0) is 19.6 Å². The minimum atomic E-state index is -3.66. The Balaban J connectivity index is 1.69. The quantitative estimate of drug-likeness (QED) is 0.726. The molecule has 29 heavy (non-hydrogen) atoms. The average Bonchev–Trinajstić information content (AvgIpc) is 2.69. The summed E-state index contributed by atoms with van der Waals surface area (Å²) in [5.41, 5.74) is 2.09. The van der Waals surface area contributed by atoms with E-state index in [1.807, 2.05) is 13.8 Å². The van der Waals surface area contributed by atoms with Gasteiger partial charge in [-0.05, 0) is 51.0 Å². The van der Waals surface area contributed by atoms with E-state index in [0.717, 1.165) is 11.1 Å². The van der Waals surface area contributed by atoms with Crippen LogP contribution < -0.4 is 0 Å². The lowest BCUT2D eigenvalue weighted by Gasteiger charge is -2.38. The summed E-state index contributed by atoms with van der Waals surface area (Å²) in [6.07, 6.45) is 0.813. The molecule has 2 atom stereocenters. The highest BCUT2D eigenvalue weighted by Gasteiger charge is 2.40. The van der Waals surface area contributed by atoms with Gasteiger partial charge >= 0.3 is 5.97 Å². The van der Waals surface area contributed by atoms with E-state index in [2.05, 4.69) is 0 Å². The van der Waals surface area contributed by atoms with Crippen molar-refractivity contribution in [3.05, 3.63) is 40.4 Å². The Labute approximate surface area is 176 Å². The fraction of sp³-hybridized carbons (Fsp3) is 0.500. The molecule has 0 radical (unpaired) electrons. The third-order valence-electron chi connectivity index (χ3n) is 5.90. The van der Waals surface area contributed by atoms with Gasteiger partial charge in [0.1, 0.15) is 0 Å². The SMILES string of the molecule is CC1=C(C)C[C@@H](C(=O)N2CCN(S(=O)(=O)c3ccc(Cl)cc3)CC2)[C@@H](C(=O)O)C1. The molecule has 2 aliphatic rings. The monoisotopic (exact) mass is 440 g/mol. The number of hydrogen-bond acceptors (Lipinski definition) is 4. The van der Waals surface area contributed by atoms with Gasteiger partial charge in [-0.3, -0.25) is 9.59 Å². The van der Waals surface area contributed by atoms with Gasteiger partial charge in [-0.2, -0.15) is 4.31 Å². The number of allylic oxidation sites excluding steroid dienone is 2. The Morgan fingerprint density at radius 1 is 0.966 bits per heavy atom. The maximum absolute atomic E-state index is 13.0. The maximum atomic E-state index is 13.0. The first-order valence-corrected chi connectivity index (χ1v) is 11.4. The Bertz CT molecular complexity index is 934. The summed E-state index contributed by atoms with van der Waals surface area (Å²) in [7, 11) is -3.66. The van der Waals surface area contributed by atoms with E-state index >= 15 is 0 Å². The summed E-state index contributed by atoms with van der Waals surface area (Å²) in [4.78, 5) is 26.5. The molecule has 1 aliphatic carbocycles. The van der Waals surface area contributed by atoms with E-state index in [1.165, 1.54) is 28.6 Å². The first kappa shape index (κ1) is 21.8. The second-order valence-electron chi connectivity index (χ2n) is 7.70. The molecule has 158 valence electrons. The van der Waals surface area contributed by atoms with Crippen LogP contribution in [0, 0.1) is 11.8 Å². The second kappa shape index (κ2) is 8.45. The molecule has 1 heterocycles. The molecule has 1 fully saturated rings. The van der Waals surface area contributed by atoms with Crippen LogP contribution in [0.4, 0.5) is 0 Å². The highest BCUT2D eigenvalue weighted by Crippen LogP contribution is 2.35. The lowest BCUT2D eigenvalue weighted by molar-refractivity contribution is -0.151. The summed E-state index contributed by atoms with van der Waals surface area (Å²) >= 11 is 5.83. The van der Waals surface area contributed by atoms with Gasteiger partial charge in [0, 0.05) is 31.2 Å². The Kier molecular flexibility index (Phi) is 6.36. The van der Waals surface area contributed by atoms with E-state index in [4.69, 9.17) is 11.6 Å². The first-order chi connectivity index (χ1) is 13.6. The molecule has 1 aromatic rings. The van der Waals surface area contributed by atoms with Crippen molar-refractivity contribution in [1.29, 1.82) is 0 Å². The maximum Gasteiger partial charge on any atom is 0.307 e. The lowest BCUT2D eigenvalue weighted by atomic mass is 9.76. The topological polar surface area (TPSA) is 95.0 Å². The van der Waals surface area contributed by atoms with Crippen LogP contribution in [0.25, 0.3) is 0 Å². The molecule has 1 amide bonds. The zero-order valence-corrected chi connectivity index (χ0v) is 18.0. The fourth-order valence-corrected chi connectivity index (χ4v) is 5.50. The number of rotatable bonds is 4. The molecule has 1 N–H and O–H groups in total. The standard InChI is InChI=1S/C20H25ClN2O5S/c1-13-11-17(18(20(25)26)12-14(13)2)19(24)22-7-9-23(10-8-22)29(27,28)16-5-3-15(21)4-6-16/h3-6,17-18H,7-12H2,1-2H3,(H,25,26)/t17-,18+/m1/s1. The Morgan fingerprint density at radius 3 is 2.00 bits per heavy atom. The van der Waals surface area contributed by atoms with E-state index < -0.39 is 27.8 Å². The van der Waals surface area contributed by atoms with Crippen molar-refractivity contribution in [2.24, 2.45) is 11.8 Å². The van der Waals surface area contributed by atoms with Gasteiger partial charge < -0.3 is 10.0 Å². The van der Waals surface area contributed by atoms with E-state index in [0.29, 0.717) is 17.9 Å². The number of amides is 1. The summed E-state index contributed by atoms with van der Waals surface area (Å²) in [6.45, 7) is 4.69. The van der Waals surface area contributed by atoms with Crippen LogP contribution in [0.3, 0.4) is 0 Å². The van der Waals surface area contributed by atoms with Crippen LogP contribution >= 0.6 is 11.6 Å². The summed E-state index contributed by atoms with van der Waals surface area (Å²) in [6, 6.07) is 5.99. The fourth-order valence-electron chi connectivity index (χ4n) is 3.95. The zero-order valence-electron chi connectivity index (χ0n) is 16.5. The number of benzene rings is 1. The minimum absolute atomic E-state index is 0.163. The molecule has 0 bridgehead atoms. The van der Waals surface area contributed by atoms with Gasteiger partial charge in [-0.1, -0.05) is 22.7 Å². The number of nitrogens with zero attached hydrogens (tertiary/aromatic N) is 2. The zero-order chi connectivity index (χ0) is 21.3. The average molecular weight is 441 g/mol. The van der Waals surface area contributed by atoms with Gasteiger partial charge in [-0.15, -0.1) is 0 Å². The van der Waals surface area contributed by atoms with Gasteiger partial charge in [-0.25, -0.2) is 8.42 Å². The summed E-state index contributed by atoms with van der Waals surface area (Å²) < 4.78 is 26.9. The number of carbonyl (C=O) groups is 2. The van der Waals surface area contributed by atoms with Gasteiger partial charge in [0.15, 0.2) is 0 Å². The largest absolute Gasteiger partial charge is 0.481 e. The molecule has 0 aromatic heterocycles. The minimum Gasteiger partial charge on any atom is -0.481 e. The molecule has 0 spiro atoms. The molecule has 7 nitrogen and oxygen atoms in total. The number of carboxylic acids is 1. The van der Waals surface area contributed by atoms with Crippen LogP contribution in [0.15, 0.2) is 40.3 Å². The van der Waals surface area contributed by atoms with Gasteiger partial charge in [0.25, 0.3) is 0 Å². The smallest absolute Gasteiger partial charge is 0.307 e. The van der Waals surface area contributed by atoms with Crippen LogP contribution in [0.5, 0.6) is 0 Å². The number of hydrogen-bond donors (Lipinski definition) is 1. The van der Waals surface area contributed by atoms with Crippen molar-refractivity contribution >= 4 is 33.5 Å². The molecule has 1 aromatic carbocycles. The summed E-state index contributed by atoms with van der Waals surface area (Å²) in [5, 5.41) is 10.0. The van der Waals surface area contributed by atoms with Crippen LogP contribution in [0.2, 0.25) is 5.02 Å². The lowest BCUT2D eigenvalue weighted by Crippen LogP contribution is -2.53. The number of carboxylic acid groups (broad SMARTS) is 1. The van der Waals surface area contributed by atoms with E-state index in [-0.39, 0.29) is 37.0 Å². The molecule has 0 saturated carbocycles. The summed E-state index contributed by atoms with van der Waals surface area (Å²) in [5.74, 6) is -2.50. The van der Waals surface area contributed by atoms with E-state index in [1.54, 1.807) is 4.90 Å². The molecule has 1 aliphatic heterocycles. The highest BCUT2D eigenvalue weighted by atomic mass is 35.5. The molecule has 1 saturated heterocycles.